The molecule has 5 nitrogen and oxygen atoms in total. The molecule has 1 aliphatic carbocycles. The fourth-order valence-electron chi connectivity index (χ4n) is 3.16. The quantitative estimate of drug-likeness (QED) is 0.907. The van der Waals surface area contributed by atoms with E-state index in [1.54, 1.807) is 4.90 Å². The lowest BCUT2D eigenvalue weighted by Gasteiger charge is -2.29. The van der Waals surface area contributed by atoms with Crippen LogP contribution in [0.2, 0.25) is 0 Å². The normalized spacial score (nSPS) is 23.8. The van der Waals surface area contributed by atoms with Crippen molar-refractivity contribution in [2.45, 2.75) is 25.8 Å². The molecule has 0 radical (unpaired) electrons. The Morgan fingerprint density at radius 1 is 1.50 bits per heavy atom. The van der Waals surface area contributed by atoms with Gasteiger partial charge in [0.1, 0.15) is 0 Å². The summed E-state index contributed by atoms with van der Waals surface area (Å²) in [4.78, 5) is 13.6. The van der Waals surface area contributed by atoms with Gasteiger partial charge in [-0.15, -0.1) is 0 Å². The Bertz CT molecular complexity index is 541. The molecular weight excluding hydrogens is 280 g/mol. The molecule has 2 unspecified atom stereocenters. The maximum absolute atomic E-state index is 12.1. The monoisotopic (exact) mass is 302 g/mol. The molecule has 1 aromatic rings. The molecule has 1 aromatic carbocycles. The van der Waals surface area contributed by atoms with Gasteiger partial charge in [0.25, 0.3) is 0 Å². The number of benzene rings is 1. The molecule has 22 heavy (non-hydrogen) atoms. The van der Waals surface area contributed by atoms with Gasteiger partial charge in [-0.3, -0.25) is 0 Å². The molecule has 2 rings (SSSR count). The van der Waals surface area contributed by atoms with Gasteiger partial charge in [-0.2, -0.15) is 5.26 Å². The summed E-state index contributed by atoms with van der Waals surface area (Å²) in [6.45, 7) is 0.850. The zero-order valence-corrected chi connectivity index (χ0v) is 12.9. The van der Waals surface area contributed by atoms with E-state index in [1.807, 2.05) is 30.3 Å². The number of aliphatic hydroxyl groups is 1. The standard InChI is InChI=1S/C17H22N2O3/c1-22-16(21)19(10-14-5-3-2-4-6-14)13-17(12-18)8-7-15(9-17)11-20/h2-6,15,20H,7-11,13H2,1H3. The summed E-state index contributed by atoms with van der Waals surface area (Å²) in [6, 6.07) is 12.0. The first kappa shape index (κ1) is 16.3. The van der Waals surface area contributed by atoms with Crippen LogP contribution in [0.3, 0.4) is 0 Å². The SMILES string of the molecule is COC(=O)N(Cc1ccccc1)CC1(C#N)CCC(CO)C1. The van der Waals surface area contributed by atoms with Gasteiger partial charge in [0.15, 0.2) is 0 Å². The molecule has 0 heterocycles. The fourth-order valence-corrected chi connectivity index (χ4v) is 3.16. The molecule has 1 saturated carbocycles. The summed E-state index contributed by atoms with van der Waals surface area (Å²) in [7, 11) is 1.35. The van der Waals surface area contributed by atoms with Crippen molar-refractivity contribution in [3.63, 3.8) is 0 Å². The van der Waals surface area contributed by atoms with E-state index in [0.29, 0.717) is 25.9 Å². The lowest BCUT2D eigenvalue weighted by atomic mass is 9.86. The highest BCUT2D eigenvalue weighted by Gasteiger charge is 2.41. The Hall–Kier alpha value is -2.06. The van der Waals surface area contributed by atoms with E-state index in [1.165, 1.54) is 7.11 Å². The van der Waals surface area contributed by atoms with Crippen LogP contribution >= 0.6 is 0 Å². The Morgan fingerprint density at radius 2 is 2.23 bits per heavy atom. The van der Waals surface area contributed by atoms with Crippen LogP contribution in [0, 0.1) is 22.7 Å². The topological polar surface area (TPSA) is 73.6 Å². The van der Waals surface area contributed by atoms with Crippen LogP contribution in [-0.2, 0) is 11.3 Å². The number of carbonyl (C=O) groups is 1. The molecule has 0 aliphatic heterocycles. The molecule has 0 spiro atoms. The van der Waals surface area contributed by atoms with E-state index in [4.69, 9.17) is 4.74 Å². The summed E-state index contributed by atoms with van der Waals surface area (Å²) in [5.74, 6) is 0.149. The van der Waals surface area contributed by atoms with Crippen molar-refractivity contribution in [3.8, 4) is 6.07 Å². The highest BCUT2D eigenvalue weighted by Crippen LogP contribution is 2.42. The Labute approximate surface area is 131 Å². The number of nitriles is 1. The van der Waals surface area contributed by atoms with Gasteiger partial charge < -0.3 is 14.7 Å². The molecular formula is C17H22N2O3. The van der Waals surface area contributed by atoms with Crippen molar-refractivity contribution in [3.05, 3.63) is 35.9 Å². The Kier molecular flexibility index (Phi) is 5.40. The predicted octanol–water partition coefficient (Wildman–Crippen LogP) is 2.56. The zero-order chi connectivity index (χ0) is 16.0. The smallest absolute Gasteiger partial charge is 0.409 e. The third-order valence-corrected chi connectivity index (χ3v) is 4.35. The van der Waals surface area contributed by atoms with Crippen molar-refractivity contribution in [1.82, 2.24) is 4.90 Å². The first-order valence-corrected chi connectivity index (χ1v) is 7.51. The van der Waals surface area contributed by atoms with Crippen molar-refractivity contribution in [2.24, 2.45) is 11.3 Å². The van der Waals surface area contributed by atoms with Crippen LogP contribution < -0.4 is 0 Å². The van der Waals surface area contributed by atoms with Crippen molar-refractivity contribution in [2.75, 3.05) is 20.3 Å². The van der Waals surface area contributed by atoms with Crippen LogP contribution in [0.25, 0.3) is 0 Å². The predicted molar refractivity (Wildman–Crippen MR) is 81.7 cm³/mol. The third-order valence-electron chi connectivity index (χ3n) is 4.35. The minimum Gasteiger partial charge on any atom is -0.453 e. The second-order valence-electron chi connectivity index (χ2n) is 6.00. The van der Waals surface area contributed by atoms with Crippen LogP contribution in [0.1, 0.15) is 24.8 Å². The number of nitrogens with zero attached hydrogens (tertiary/aromatic N) is 2. The lowest BCUT2D eigenvalue weighted by molar-refractivity contribution is 0.103. The molecule has 118 valence electrons. The number of carbonyl (C=O) groups excluding carboxylic acids is 1. The van der Waals surface area contributed by atoms with Gasteiger partial charge in [-0.05, 0) is 30.7 Å². The van der Waals surface area contributed by atoms with Crippen LogP contribution in [0.5, 0.6) is 0 Å². The molecule has 5 heteroatoms. The second kappa shape index (κ2) is 7.28. The maximum atomic E-state index is 12.1. The van der Waals surface area contributed by atoms with Crippen molar-refractivity contribution in [1.29, 1.82) is 5.26 Å². The van der Waals surface area contributed by atoms with Gasteiger partial charge in [-0.25, -0.2) is 4.79 Å². The lowest BCUT2D eigenvalue weighted by Crippen LogP contribution is -2.39. The van der Waals surface area contributed by atoms with E-state index < -0.39 is 11.5 Å². The maximum Gasteiger partial charge on any atom is 0.409 e. The van der Waals surface area contributed by atoms with Gasteiger partial charge >= 0.3 is 6.09 Å². The zero-order valence-electron chi connectivity index (χ0n) is 12.9. The van der Waals surface area contributed by atoms with Crippen molar-refractivity contribution >= 4 is 6.09 Å². The largest absolute Gasteiger partial charge is 0.453 e. The van der Waals surface area contributed by atoms with Gasteiger partial charge in [0.2, 0.25) is 0 Å². The molecule has 2 atom stereocenters. The van der Waals surface area contributed by atoms with Gasteiger partial charge in [0.05, 0.1) is 18.6 Å². The van der Waals surface area contributed by atoms with Crippen molar-refractivity contribution < 1.29 is 14.6 Å². The van der Waals surface area contributed by atoms with Gasteiger partial charge in [0, 0.05) is 19.7 Å². The van der Waals surface area contributed by atoms with Crippen LogP contribution in [-0.4, -0.2) is 36.4 Å². The number of methoxy groups -OCH3 is 1. The molecule has 0 bridgehead atoms. The summed E-state index contributed by atoms with van der Waals surface area (Å²) in [5.41, 5.74) is 0.411. The number of hydrogen-bond acceptors (Lipinski definition) is 4. The van der Waals surface area contributed by atoms with Crippen LogP contribution in [0.15, 0.2) is 30.3 Å². The number of rotatable bonds is 5. The van der Waals surface area contributed by atoms with Gasteiger partial charge in [-0.1, -0.05) is 30.3 Å². The molecule has 1 fully saturated rings. The third kappa shape index (κ3) is 3.77. The first-order chi connectivity index (χ1) is 10.6. The minimum absolute atomic E-state index is 0.0976. The summed E-state index contributed by atoms with van der Waals surface area (Å²) >= 11 is 0. The first-order valence-electron chi connectivity index (χ1n) is 7.51. The average molecular weight is 302 g/mol. The number of ether oxygens (including phenoxy) is 1. The molecule has 1 N–H and O–H groups in total. The highest BCUT2D eigenvalue weighted by molar-refractivity contribution is 5.67. The van der Waals surface area contributed by atoms with E-state index >= 15 is 0 Å². The average Bonchev–Trinajstić information content (AvgIpc) is 2.98. The van der Waals surface area contributed by atoms with E-state index in [9.17, 15) is 15.2 Å². The summed E-state index contributed by atoms with van der Waals surface area (Å²) in [5, 5.41) is 18.9. The van der Waals surface area contributed by atoms with E-state index in [2.05, 4.69) is 6.07 Å². The highest BCUT2D eigenvalue weighted by atomic mass is 16.5. The summed E-state index contributed by atoms with van der Waals surface area (Å²) in [6.07, 6.45) is 1.73. The number of aliphatic hydroxyl groups excluding tert-OH is 1. The van der Waals surface area contributed by atoms with E-state index in [-0.39, 0.29) is 12.5 Å². The molecule has 0 aromatic heterocycles. The second-order valence-corrected chi connectivity index (χ2v) is 6.00. The Balaban J connectivity index is 2.13. The minimum atomic E-state index is -0.587. The summed E-state index contributed by atoms with van der Waals surface area (Å²) < 4.78 is 4.87. The van der Waals surface area contributed by atoms with E-state index in [0.717, 1.165) is 12.0 Å². The number of hydrogen-bond donors (Lipinski definition) is 1. The molecule has 0 saturated heterocycles. The molecule has 1 amide bonds. The van der Waals surface area contributed by atoms with Crippen LogP contribution in [0.4, 0.5) is 4.79 Å². The number of amides is 1. The Morgan fingerprint density at radius 3 is 2.77 bits per heavy atom. The fraction of sp³-hybridized carbons (Fsp3) is 0.529. The molecule has 1 aliphatic rings.